The molecule has 2 saturated heterocycles. The molecule has 0 aromatic carbocycles. The number of anilines is 1. The van der Waals surface area contributed by atoms with Gasteiger partial charge in [-0.1, -0.05) is 0 Å². The van der Waals surface area contributed by atoms with Crippen molar-refractivity contribution >= 4 is 35.8 Å². The minimum atomic E-state index is 0. The standard InChI is InChI=1S/C23H40N6O2.HI/c1-18(2)30-13-11-28-9-6-21(7-10-28)27-23(24-4)26-16-20-5-8-25-22(15-20)29-12-14-31-19(3)17-29;/h5,8,15,18-19,21H,6-7,9-14,16-17H2,1-4H3,(H2,24,26,27);1H. The second-order valence-electron chi connectivity index (χ2n) is 8.76. The summed E-state index contributed by atoms with van der Waals surface area (Å²) in [4.78, 5) is 13.8. The Morgan fingerprint density at radius 2 is 2.09 bits per heavy atom. The third kappa shape index (κ3) is 8.99. The summed E-state index contributed by atoms with van der Waals surface area (Å²) < 4.78 is 11.3. The van der Waals surface area contributed by atoms with E-state index in [9.17, 15) is 0 Å². The first-order valence-electron chi connectivity index (χ1n) is 11.7. The van der Waals surface area contributed by atoms with Crippen LogP contribution in [0.15, 0.2) is 23.3 Å². The van der Waals surface area contributed by atoms with Gasteiger partial charge in [-0.3, -0.25) is 4.99 Å². The molecule has 3 heterocycles. The molecule has 2 aliphatic heterocycles. The molecule has 1 unspecified atom stereocenters. The van der Waals surface area contributed by atoms with Crippen LogP contribution in [-0.2, 0) is 16.0 Å². The number of rotatable bonds is 8. The van der Waals surface area contributed by atoms with Gasteiger partial charge in [-0.25, -0.2) is 4.98 Å². The van der Waals surface area contributed by atoms with E-state index in [2.05, 4.69) is 63.3 Å². The fraction of sp³-hybridized carbons (Fsp3) is 0.739. The lowest BCUT2D eigenvalue weighted by Gasteiger charge is -2.33. The largest absolute Gasteiger partial charge is 0.377 e. The van der Waals surface area contributed by atoms with E-state index in [-0.39, 0.29) is 30.1 Å². The minimum absolute atomic E-state index is 0. The summed E-state index contributed by atoms with van der Waals surface area (Å²) in [5.74, 6) is 1.88. The van der Waals surface area contributed by atoms with Crippen LogP contribution in [0, 0.1) is 0 Å². The summed E-state index contributed by atoms with van der Waals surface area (Å²) in [7, 11) is 1.83. The van der Waals surface area contributed by atoms with Gasteiger partial charge in [0, 0.05) is 58.6 Å². The van der Waals surface area contributed by atoms with Crippen LogP contribution in [0.1, 0.15) is 39.2 Å². The molecule has 1 aromatic rings. The number of hydrogen-bond donors (Lipinski definition) is 2. The van der Waals surface area contributed by atoms with Crippen LogP contribution in [0.3, 0.4) is 0 Å². The Labute approximate surface area is 210 Å². The maximum atomic E-state index is 5.68. The highest BCUT2D eigenvalue weighted by Crippen LogP contribution is 2.16. The van der Waals surface area contributed by atoms with Crippen molar-refractivity contribution in [2.75, 3.05) is 57.9 Å². The zero-order valence-electron chi connectivity index (χ0n) is 20.0. The molecule has 3 rings (SSSR count). The molecule has 8 nitrogen and oxygen atoms in total. The van der Waals surface area contributed by atoms with Gasteiger partial charge in [-0.15, -0.1) is 24.0 Å². The first-order chi connectivity index (χ1) is 15.0. The molecule has 2 fully saturated rings. The molecule has 0 radical (unpaired) electrons. The molecule has 182 valence electrons. The van der Waals surface area contributed by atoms with E-state index in [0.29, 0.717) is 12.1 Å². The monoisotopic (exact) mass is 560 g/mol. The maximum Gasteiger partial charge on any atom is 0.191 e. The summed E-state index contributed by atoms with van der Waals surface area (Å²) in [6, 6.07) is 4.68. The van der Waals surface area contributed by atoms with Gasteiger partial charge in [0.2, 0.25) is 0 Å². The van der Waals surface area contributed by atoms with E-state index in [0.717, 1.165) is 77.1 Å². The highest BCUT2D eigenvalue weighted by Gasteiger charge is 2.20. The van der Waals surface area contributed by atoms with Crippen molar-refractivity contribution in [2.24, 2.45) is 4.99 Å². The molecule has 2 N–H and O–H groups in total. The number of aliphatic imine (C=N–C) groups is 1. The Morgan fingerprint density at radius 1 is 1.31 bits per heavy atom. The van der Waals surface area contributed by atoms with Crippen LogP contribution in [0.2, 0.25) is 0 Å². The van der Waals surface area contributed by atoms with Crippen molar-refractivity contribution in [2.45, 2.75) is 58.4 Å². The van der Waals surface area contributed by atoms with Crippen molar-refractivity contribution in [3.8, 4) is 0 Å². The van der Waals surface area contributed by atoms with Gasteiger partial charge in [-0.2, -0.15) is 0 Å². The lowest BCUT2D eigenvalue weighted by atomic mass is 10.1. The van der Waals surface area contributed by atoms with E-state index in [4.69, 9.17) is 9.47 Å². The van der Waals surface area contributed by atoms with Crippen molar-refractivity contribution in [3.05, 3.63) is 23.9 Å². The number of aromatic nitrogens is 1. The molecular formula is C23H41IN6O2. The number of ether oxygens (including phenoxy) is 2. The molecule has 0 saturated carbocycles. The summed E-state index contributed by atoms with van der Waals surface area (Å²) in [5, 5.41) is 7.06. The van der Waals surface area contributed by atoms with Crippen LogP contribution in [-0.4, -0.2) is 87.1 Å². The quantitative estimate of drug-likeness (QED) is 0.288. The van der Waals surface area contributed by atoms with E-state index >= 15 is 0 Å². The molecule has 2 aliphatic rings. The Morgan fingerprint density at radius 3 is 2.78 bits per heavy atom. The third-order valence-corrected chi connectivity index (χ3v) is 5.85. The normalized spacial score (nSPS) is 20.8. The molecule has 32 heavy (non-hydrogen) atoms. The lowest BCUT2D eigenvalue weighted by molar-refractivity contribution is 0.0528. The molecular weight excluding hydrogens is 519 g/mol. The predicted molar refractivity (Wildman–Crippen MR) is 141 cm³/mol. The zero-order chi connectivity index (χ0) is 22.1. The average Bonchev–Trinajstić information content (AvgIpc) is 2.77. The van der Waals surface area contributed by atoms with Gasteiger partial charge in [0.1, 0.15) is 5.82 Å². The van der Waals surface area contributed by atoms with Crippen molar-refractivity contribution in [1.29, 1.82) is 0 Å². The smallest absolute Gasteiger partial charge is 0.191 e. The van der Waals surface area contributed by atoms with Crippen LogP contribution >= 0.6 is 24.0 Å². The number of nitrogens with zero attached hydrogens (tertiary/aromatic N) is 4. The molecule has 0 bridgehead atoms. The number of piperidine rings is 1. The minimum Gasteiger partial charge on any atom is -0.377 e. The van der Waals surface area contributed by atoms with Crippen LogP contribution < -0.4 is 15.5 Å². The van der Waals surface area contributed by atoms with Crippen molar-refractivity contribution in [3.63, 3.8) is 0 Å². The number of pyridine rings is 1. The Kier molecular flexibility index (Phi) is 12.0. The summed E-state index contributed by atoms with van der Waals surface area (Å²) in [5.41, 5.74) is 1.20. The fourth-order valence-electron chi connectivity index (χ4n) is 4.06. The molecule has 1 atom stereocenters. The topological polar surface area (TPSA) is 74.2 Å². The van der Waals surface area contributed by atoms with Crippen molar-refractivity contribution < 1.29 is 9.47 Å². The first-order valence-corrected chi connectivity index (χ1v) is 11.7. The van der Waals surface area contributed by atoms with E-state index in [1.165, 1.54) is 5.56 Å². The van der Waals surface area contributed by atoms with Gasteiger partial charge in [0.05, 0.1) is 25.4 Å². The highest BCUT2D eigenvalue weighted by molar-refractivity contribution is 14.0. The number of likely N-dealkylation sites (tertiary alicyclic amines) is 1. The van der Waals surface area contributed by atoms with Gasteiger partial charge in [0.15, 0.2) is 5.96 Å². The second-order valence-corrected chi connectivity index (χ2v) is 8.76. The van der Waals surface area contributed by atoms with E-state index < -0.39 is 0 Å². The average molecular weight is 561 g/mol. The molecule has 9 heteroatoms. The number of halogens is 1. The Bertz CT molecular complexity index is 697. The molecule has 0 amide bonds. The summed E-state index contributed by atoms with van der Waals surface area (Å²) >= 11 is 0. The molecule has 1 aromatic heterocycles. The van der Waals surface area contributed by atoms with E-state index in [1.807, 2.05) is 13.2 Å². The van der Waals surface area contributed by atoms with E-state index in [1.54, 1.807) is 0 Å². The van der Waals surface area contributed by atoms with Crippen molar-refractivity contribution in [1.82, 2.24) is 20.5 Å². The fourth-order valence-corrected chi connectivity index (χ4v) is 4.06. The molecule has 0 aliphatic carbocycles. The van der Waals surface area contributed by atoms with Gasteiger partial charge >= 0.3 is 0 Å². The zero-order valence-corrected chi connectivity index (χ0v) is 22.4. The van der Waals surface area contributed by atoms with Gasteiger partial charge < -0.3 is 29.9 Å². The second kappa shape index (κ2) is 14.2. The Hall–Kier alpha value is -1.17. The maximum absolute atomic E-state index is 5.68. The summed E-state index contributed by atoms with van der Waals surface area (Å²) in [6.45, 7) is 13.6. The SMILES string of the molecule is CN=C(NCc1ccnc(N2CCOC(C)C2)c1)NC1CCN(CCOC(C)C)CC1.I. The Balaban J connectivity index is 0.00000363. The number of guanidine groups is 1. The molecule has 0 spiro atoms. The van der Waals surface area contributed by atoms with Gasteiger partial charge in [-0.05, 0) is 51.3 Å². The predicted octanol–water partition coefficient (Wildman–Crippen LogP) is 2.48. The summed E-state index contributed by atoms with van der Waals surface area (Å²) in [6.07, 6.45) is 4.69. The number of morpholine rings is 1. The third-order valence-electron chi connectivity index (χ3n) is 5.85. The lowest BCUT2D eigenvalue weighted by Crippen LogP contribution is -2.49. The highest BCUT2D eigenvalue weighted by atomic mass is 127. The number of nitrogens with one attached hydrogen (secondary N) is 2. The van der Waals surface area contributed by atoms with Gasteiger partial charge in [0.25, 0.3) is 0 Å². The van der Waals surface area contributed by atoms with Crippen LogP contribution in [0.4, 0.5) is 5.82 Å². The van der Waals surface area contributed by atoms with Crippen LogP contribution in [0.5, 0.6) is 0 Å². The van der Waals surface area contributed by atoms with Crippen LogP contribution in [0.25, 0.3) is 0 Å². The number of hydrogen-bond acceptors (Lipinski definition) is 6. The first kappa shape index (κ1) is 27.1.